The van der Waals surface area contributed by atoms with Crippen LogP contribution in [-0.2, 0) is 23.1 Å². The monoisotopic (exact) mass is 408 g/mol. The molecule has 1 aliphatic carbocycles. The Bertz CT molecular complexity index is 926. The van der Waals surface area contributed by atoms with Crippen LogP contribution in [0.25, 0.3) is 0 Å². The largest absolute Gasteiger partial charge is 0.491 e. The van der Waals surface area contributed by atoms with Crippen molar-refractivity contribution in [2.75, 3.05) is 13.2 Å². The van der Waals surface area contributed by atoms with Crippen LogP contribution in [0.1, 0.15) is 71.6 Å². The number of nitrogens with two attached hydrogens (primary N) is 2. The third-order valence-corrected chi connectivity index (χ3v) is 6.37. The molecule has 2 aromatic carbocycles. The summed E-state index contributed by atoms with van der Waals surface area (Å²) in [6.07, 6.45) is 5.10. The number of fused-ring (bicyclic) bond motifs is 1. The van der Waals surface area contributed by atoms with Gasteiger partial charge in [0.25, 0.3) is 0 Å². The number of benzene rings is 2. The zero-order chi connectivity index (χ0) is 21.3. The first kappa shape index (κ1) is 20.9. The Hall–Kier alpha value is -2.37. The number of aryl methyl sites for hydroxylation is 1. The molecule has 1 amide bonds. The van der Waals surface area contributed by atoms with Gasteiger partial charge in [0, 0.05) is 17.7 Å². The van der Waals surface area contributed by atoms with E-state index in [1.165, 1.54) is 11.1 Å². The molecular formula is C25H32N2O3. The summed E-state index contributed by atoms with van der Waals surface area (Å²) in [7, 11) is 0. The summed E-state index contributed by atoms with van der Waals surface area (Å²) in [5.41, 5.74) is 17.0. The Morgan fingerprint density at radius 3 is 2.70 bits per heavy atom. The Morgan fingerprint density at radius 2 is 2.00 bits per heavy atom. The Kier molecular flexibility index (Phi) is 5.85. The van der Waals surface area contributed by atoms with Gasteiger partial charge in [0.1, 0.15) is 12.4 Å². The summed E-state index contributed by atoms with van der Waals surface area (Å²) in [5.74, 6) is 0.626. The Balaban J connectivity index is 1.56. The maximum Gasteiger partial charge on any atom is 0.248 e. The van der Waals surface area contributed by atoms with Crippen molar-refractivity contribution in [2.45, 2.75) is 63.5 Å². The van der Waals surface area contributed by atoms with E-state index in [-0.39, 0.29) is 23.5 Å². The summed E-state index contributed by atoms with van der Waals surface area (Å²) < 4.78 is 11.6. The summed E-state index contributed by atoms with van der Waals surface area (Å²) in [5, 5.41) is 0. The highest BCUT2D eigenvalue weighted by Gasteiger charge is 2.26. The number of hydrogen-bond donors (Lipinski definition) is 2. The first-order chi connectivity index (χ1) is 14.3. The molecule has 0 bridgehead atoms. The lowest BCUT2D eigenvalue weighted by Crippen LogP contribution is -2.29. The van der Waals surface area contributed by atoms with Gasteiger partial charge in [0.15, 0.2) is 0 Å². The number of carbonyl (C=O) groups excluding carboxylic acids is 1. The van der Waals surface area contributed by atoms with E-state index in [9.17, 15) is 4.79 Å². The van der Waals surface area contributed by atoms with Gasteiger partial charge in [-0.15, -0.1) is 0 Å². The van der Waals surface area contributed by atoms with Crippen molar-refractivity contribution in [3.05, 3.63) is 64.2 Å². The van der Waals surface area contributed by atoms with Gasteiger partial charge in [-0.3, -0.25) is 4.79 Å². The minimum Gasteiger partial charge on any atom is -0.491 e. The lowest BCUT2D eigenvalue weighted by atomic mass is 9.77. The molecule has 1 fully saturated rings. The van der Waals surface area contributed by atoms with Crippen LogP contribution in [0.5, 0.6) is 5.75 Å². The molecule has 2 atom stereocenters. The lowest BCUT2D eigenvalue weighted by Gasteiger charge is -2.29. The van der Waals surface area contributed by atoms with Gasteiger partial charge in [-0.25, -0.2) is 0 Å². The second-order valence-electron chi connectivity index (χ2n) is 9.20. The van der Waals surface area contributed by atoms with Crippen LogP contribution in [0.15, 0.2) is 36.4 Å². The summed E-state index contributed by atoms with van der Waals surface area (Å²) >= 11 is 0. The van der Waals surface area contributed by atoms with E-state index in [0.29, 0.717) is 12.2 Å². The third-order valence-electron chi connectivity index (χ3n) is 6.37. The number of rotatable bonds is 6. The van der Waals surface area contributed by atoms with E-state index in [0.717, 1.165) is 55.6 Å². The second-order valence-corrected chi connectivity index (χ2v) is 9.20. The minimum absolute atomic E-state index is 0.159. The zero-order valence-corrected chi connectivity index (χ0v) is 17.9. The van der Waals surface area contributed by atoms with Gasteiger partial charge in [-0.2, -0.15) is 0 Å². The molecule has 5 nitrogen and oxygen atoms in total. The van der Waals surface area contributed by atoms with E-state index in [1.807, 2.05) is 26.0 Å². The van der Waals surface area contributed by atoms with Crippen LogP contribution in [0.4, 0.5) is 0 Å². The molecule has 0 unspecified atom stereocenters. The molecule has 30 heavy (non-hydrogen) atoms. The molecule has 160 valence electrons. The van der Waals surface area contributed by atoms with Crippen LogP contribution >= 0.6 is 0 Å². The highest BCUT2D eigenvalue weighted by Crippen LogP contribution is 2.37. The Morgan fingerprint density at radius 1 is 1.17 bits per heavy atom. The molecular weight excluding hydrogens is 376 g/mol. The quantitative estimate of drug-likeness (QED) is 0.761. The van der Waals surface area contributed by atoms with Gasteiger partial charge < -0.3 is 20.9 Å². The molecule has 1 aliphatic heterocycles. The number of carbonyl (C=O) groups is 1. The van der Waals surface area contributed by atoms with E-state index >= 15 is 0 Å². The van der Waals surface area contributed by atoms with Crippen LogP contribution < -0.4 is 16.2 Å². The molecule has 2 aliphatic rings. The van der Waals surface area contributed by atoms with E-state index in [2.05, 4.69) is 18.2 Å². The fraction of sp³-hybridized carbons (Fsp3) is 0.480. The topological polar surface area (TPSA) is 87.6 Å². The van der Waals surface area contributed by atoms with Crippen molar-refractivity contribution in [2.24, 2.45) is 11.5 Å². The van der Waals surface area contributed by atoms with Crippen LogP contribution in [0.2, 0.25) is 0 Å². The first-order valence-electron chi connectivity index (χ1n) is 10.9. The maximum absolute atomic E-state index is 12.1. The predicted octanol–water partition coefficient (Wildman–Crippen LogP) is 3.81. The second kappa shape index (κ2) is 8.40. The number of hydrogen-bond acceptors (Lipinski definition) is 4. The molecule has 1 saturated heterocycles. The number of ether oxygens (including phenoxy) is 2. The van der Waals surface area contributed by atoms with Crippen molar-refractivity contribution in [3.8, 4) is 5.75 Å². The molecule has 2 aromatic rings. The summed E-state index contributed by atoms with van der Waals surface area (Å²) in [4.78, 5) is 12.1. The smallest absolute Gasteiger partial charge is 0.248 e. The van der Waals surface area contributed by atoms with Crippen LogP contribution in [0, 0.1) is 0 Å². The van der Waals surface area contributed by atoms with Crippen molar-refractivity contribution in [1.29, 1.82) is 0 Å². The fourth-order valence-electron chi connectivity index (χ4n) is 4.58. The van der Waals surface area contributed by atoms with Crippen molar-refractivity contribution >= 4 is 5.91 Å². The van der Waals surface area contributed by atoms with E-state index < -0.39 is 0 Å². The van der Waals surface area contributed by atoms with Gasteiger partial charge in [0.2, 0.25) is 5.91 Å². The zero-order valence-electron chi connectivity index (χ0n) is 17.9. The molecule has 0 radical (unpaired) electrons. The van der Waals surface area contributed by atoms with E-state index in [4.69, 9.17) is 20.9 Å². The van der Waals surface area contributed by atoms with Gasteiger partial charge in [-0.05, 0) is 92.3 Å². The third kappa shape index (κ3) is 4.52. The average molecular weight is 409 g/mol. The number of amides is 1. The maximum atomic E-state index is 12.1. The molecule has 4 rings (SSSR count). The molecule has 1 heterocycles. The predicted molar refractivity (Wildman–Crippen MR) is 118 cm³/mol. The van der Waals surface area contributed by atoms with Gasteiger partial charge in [0.05, 0.1) is 6.10 Å². The van der Waals surface area contributed by atoms with Crippen molar-refractivity contribution in [1.82, 2.24) is 0 Å². The van der Waals surface area contributed by atoms with Crippen LogP contribution in [-0.4, -0.2) is 25.2 Å². The van der Waals surface area contributed by atoms with Gasteiger partial charge in [-0.1, -0.05) is 18.2 Å². The summed E-state index contributed by atoms with van der Waals surface area (Å²) in [6, 6.07) is 12.2. The summed E-state index contributed by atoms with van der Waals surface area (Å²) in [6.45, 7) is 5.41. The number of primary amides is 1. The molecule has 0 spiro atoms. The normalized spacial score (nSPS) is 21.3. The highest BCUT2D eigenvalue weighted by molar-refractivity contribution is 5.94. The standard InChI is InChI=1S/C25H32N2O3/c1-25(2,27)19-8-7-16-12-18(6-5-17(16)13-19)23-14-20(9-10-22(23)24(26)28)30-15-21-4-3-11-29-21/h7-10,13-14,18,21H,3-6,11-12,15,27H2,1-2H3,(H2,26,28)/t18-,21-/m0/s1. The van der Waals surface area contributed by atoms with E-state index in [1.54, 1.807) is 6.07 Å². The minimum atomic E-state index is -0.387. The Labute approximate surface area is 178 Å². The molecule has 4 N–H and O–H groups in total. The SMILES string of the molecule is CC(C)(N)c1ccc2c(c1)CC[C@H](c1cc(OC[C@@H]3CCCO3)ccc1C(N)=O)C2. The average Bonchev–Trinajstić information content (AvgIpc) is 3.24. The van der Waals surface area contributed by atoms with Crippen LogP contribution in [0.3, 0.4) is 0 Å². The molecule has 5 heteroatoms. The van der Waals surface area contributed by atoms with Gasteiger partial charge >= 0.3 is 0 Å². The molecule has 0 aromatic heterocycles. The molecule has 0 saturated carbocycles. The highest BCUT2D eigenvalue weighted by atomic mass is 16.5. The van der Waals surface area contributed by atoms with Crippen molar-refractivity contribution in [3.63, 3.8) is 0 Å². The van der Waals surface area contributed by atoms with Crippen molar-refractivity contribution < 1.29 is 14.3 Å². The first-order valence-corrected chi connectivity index (χ1v) is 10.9. The fourth-order valence-corrected chi connectivity index (χ4v) is 4.58. The lowest BCUT2D eigenvalue weighted by molar-refractivity contribution is 0.0679.